The molecule has 21 heavy (non-hydrogen) atoms. The minimum atomic E-state index is -4.82. The molecule has 0 aromatic heterocycles. The Kier molecular flexibility index (Phi) is 4.18. The van der Waals surface area contributed by atoms with E-state index in [1.807, 2.05) is 0 Å². The summed E-state index contributed by atoms with van der Waals surface area (Å²) in [6.07, 6.45) is -4.82. The molecule has 0 fully saturated rings. The highest BCUT2D eigenvalue weighted by molar-refractivity contribution is 6.30. The fourth-order valence-corrected chi connectivity index (χ4v) is 1.67. The standard InChI is InChI=1S/C14H7ClF4O2/c15-9-2-4-10(5-3-9)21-13(20)8-1-6-11(12(16)7-8)14(17,18)19/h1-7H. The summed E-state index contributed by atoms with van der Waals surface area (Å²) < 4.78 is 55.4. The van der Waals surface area contributed by atoms with E-state index in [9.17, 15) is 22.4 Å². The van der Waals surface area contributed by atoms with E-state index in [0.717, 1.165) is 6.07 Å². The number of esters is 1. The van der Waals surface area contributed by atoms with E-state index in [4.69, 9.17) is 16.3 Å². The molecule has 0 unspecified atom stereocenters. The molecule has 0 amide bonds. The molecule has 0 saturated carbocycles. The zero-order valence-corrected chi connectivity index (χ0v) is 11.0. The van der Waals surface area contributed by atoms with Gasteiger partial charge in [-0.25, -0.2) is 9.18 Å². The normalized spacial score (nSPS) is 11.3. The van der Waals surface area contributed by atoms with Crippen LogP contribution in [0.15, 0.2) is 42.5 Å². The Hall–Kier alpha value is -2.08. The van der Waals surface area contributed by atoms with Gasteiger partial charge in [0.1, 0.15) is 11.6 Å². The molecular weight excluding hydrogens is 312 g/mol. The van der Waals surface area contributed by atoms with Gasteiger partial charge in [0.05, 0.1) is 11.1 Å². The number of ether oxygens (including phenoxy) is 1. The molecule has 0 saturated heterocycles. The highest BCUT2D eigenvalue weighted by atomic mass is 35.5. The maximum Gasteiger partial charge on any atom is 0.419 e. The molecule has 0 radical (unpaired) electrons. The Labute approximate surface area is 121 Å². The third-order valence-corrected chi connectivity index (χ3v) is 2.79. The van der Waals surface area contributed by atoms with Crippen LogP contribution in [0.3, 0.4) is 0 Å². The number of benzene rings is 2. The topological polar surface area (TPSA) is 26.3 Å². The lowest BCUT2D eigenvalue weighted by Crippen LogP contribution is -2.12. The van der Waals surface area contributed by atoms with Gasteiger partial charge in [-0.2, -0.15) is 13.2 Å². The molecule has 0 heterocycles. The van der Waals surface area contributed by atoms with Gasteiger partial charge in [0.2, 0.25) is 0 Å². The number of halogens is 5. The van der Waals surface area contributed by atoms with Crippen LogP contribution < -0.4 is 4.74 Å². The average Bonchev–Trinajstić information content (AvgIpc) is 2.39. The number of carbonyl (C=O) groups is 1. The minimum absolute atomic E-state index is 0.143. The molecule has 2 rings (SSSR count). The van der Waals surface area contributed by atoms with Crippen molar-refractivity contribution in [2.24, 2.45) is 0 Å². The number of rotatable bonds is 2. The van der Waals surface area contributed by atoms with Crippen LogP contribution in [0.2, 0.25) is 5.02 Å². The predicted molar refractivity (Wildman–Crippen MR) is 67.8 cm³/mol. The van der Waals surface area contributed by atoms with Gasteiger partial charge in [0.25, 0.3) is 0 Å². The molecule has 0 spiro atoms. The molecule has 7 heteroatoms. The monoisotopic (exact) mass is 318 g/mol. The first-order valence-electron chi connectivity index (χ1n) is 5.62. The summed E-state index contributed by atoms with van der Waals surface area (Å²) in [7, 11) is 0. The quantitative estimate of drug-likeness (QED) is 0.455. The summed E-state index contributed by atoms with van der Waals surface area (Å²) in [5, 5.41) is 0.426. The summed E-state index contributed by atoms with van der Waals surface area (Å²) in [6.45, 7) is 0. The van der Waals surface area contributed by atoms with Gasteiger partial charge in [-0.05, 0) is 42.5 Å². The van der Waals surface area contributed by atoms with E-state index in [0.29, 0.717) is 17.2 Å². The van der Waals surface area contributed by atoms with Crippen LogP contribution in [0.4, 0.5) is 17.6 Å². The highest BCUT2D eigenvalue weighted by Gasteiger charge is 2.34. The molecule has 0 aliphatic carbocycles. The first-order chi connectivity index (χ1) is 9.77. The average molecular weight is 319 g/mol. The zero-order chi connectivity index (χ0) is 15.6. The second-order valence-corrected chi connectivity index (χ2v) is 4.47. The van der Waals surface area contributed by atoms with Gasteiger partial charge >= 0.3 is 12.1 Å². The Morgan fingerprint density at radius 2 is 1.67 bits per heavy atom. The van der Waals surface area contributed by atoms with Crippen molar-refractivity contribution in [1.82, 2.24) is 0 Å². The van der Waals surface area contributed by atoms with Gasteiger partial charge in [-0.3, -0.25) is 0 Å². The largest absolute Gasteiger partial charge is 0.423 e. The molecule has 0 bridgehead atoms. The minimum Gasteiger partial charge on any atom is -0.423 e. The molecular formula is C14H7ClF4O2. The van der Waals surface area contributed by atoms with E-state index >= 15 is 0 Å². The van der Waals surface area contributed by atoms with E-state index in [1.165, 1.54) is 24.3 Å². The van der Waals surface area contributed by atoms with Crippen molar-refractivity contribution in [2.45, 2.75) is 6.18 Å². The fourth-order valence-electron chi connectivity index (χ4n) is 1.54. The van der Waals surface area contributed by atoms with Gasteiger partial charge < -0.3 is 4.74 Å². The maximum atomic E-state index is 13.4. The van der Waals surface area contributed by atoms with Crippen LogP contribution >= 0.6 is 11.6 Å². The maximum absolute atomic E-state index is 13.4. The summed E-state index contributed by atoms with van der Waals surface area (Å²) in [4.78, 5) is 11.7. The van der Waals surface area contributed by atoms with Crippen LogP contribution in [0.25, 0.3) is 0 Å². The van der Waals surface area contributed by atoms with Gasteiger partial charge in [-0.1, -0.05) is 11.6 Å². The van der Waals surface area contributed by atoms with Crippen LogP contribution in [0.1, 0.15) is 15.9 Å². The summed E-state index contributed by atoms with van der Waals surface area (Å²) in [5.41, 5.74) is -1.76. The second-order valence-electron chi connectivity index (χ2n) is 4.04. The smallest absolute Gasteiger partial charge is 0.419 e. The fraction of sp³-hybridized carbons (Fsp3) is 0.0714. The number of hydrogen-bond acceptors (Lipinski definition) is 2. The van der Waals surface area contributed by atoms with Crippen molar-refractivity contribution in [3.05, 3.63) is 64.4 Å². The van der Waals surface area contributed by atoms with E-state index in [1.54, 1.807) is 0 Å². The van der Waals surface area contributed by atoms with Gasteiger partial charge in [-0.15, -0.1) is 0 Å². The lowest BCUT2D eigenvalue weighted by molar-refractivity contribution is -0.140. The molecule has 110 valence electrons. The van der Waals surface area contributed by atoms with E-state index < -0.39 is 23.5 Å². The first-order valence-corrected chi connectivity index (χ1v) is 5.99. The van der Waals surface area contributed by atoms with Crippen molar-refractivity contribution in [3.8, 4) is 5.75 Å². The molecule has 2 aromatic carbocycles. The molecule has 0 aliphatic rings. The summed E-state index contributed by atoms with van der Waals surface area (Å²) in [6, 6.07) is 7.58. The molecule has 0 atom stereocenters. The predicted octanol–water partition coefficient (Wildman–Crippen LogP) is 4.72. The third kappa shape index (κ3) is 3.72. The van der Waals surface area contributed by atoms with Crippen molar-refractivity contribution in [3.63, 3.8) is 0 Å². The van der Waals surface area contributed by atoms with Crippen LogP contribution in [0.5, 0.6) is 5.75 Å². The van der Waals surface area contributed by atoms with Crippen LogP contribution in [0, 0.1) is 5.82 Å². The van der Waals surface area contributed by atoms with Crippen molar-refractivity contribution >= 4 is 17.6 Å². The van der Waals surface area contributed by atoms with Crippen LogP contribution in [-0.4, -0.2) is 5.97 Å². The zero-order valence-electron chi connectivity index (χ0n) is 10.2. The summed E-state index contributed by atoms with van der Waals surface area (Å²) in [5.74, 6) is -2.36. The number of carbonyl (C=O) groups excluding carboxylic acids is 1. The molecule has 0 N–H and O–H groups in total. The Bertz CT molecular complexity index is 666. The molecule has 2 nitrogen and oxygen atoms in total. The number of hydrogen-bond donors (Lipinski definition) is 0. The van der Waals surface area contributed by atoms with Crippen LogP contribution in [-0.2, 0) is 6.18 Å². The Morgan fingerprint density at radius 1 is 1.05 bits per heavy atom. The Morgan fingerprint density at radius 3 is 2.19 bits per heavy atom. The lowest BCUT2D eigenvalue weighted by Gasteiger charge is -2.09. The van der Waals surface area contributed by atoms with Gasteiger partial charge in [0.15, 0.2) is 0 Å². The third-order valence-electron chi connectivity index (χ3n) is 2.53. The van der Waals surface area contributed by atoms with Gasteiger partial charge in [0, 0.05) is 5.02 Å². The van der Waals surface area contributed by atoms with E-state index in [2.05, 4.69) is 0 Å². The summed E-state index contributed by atoms with van der Waals surface area (Å²) >= 11 is 5.65. The SMILES string of the molecule is O=C(Oc1ccc(Cl)cc1)c1ccc(C(F)(F)F)c(F)c1. The Balaban J connectivity index is 2.20. The lowest BCUT2D eigenvalue weighted by atomic mass is 10.1. The first kappa shape index (κ1) is 15.3. The van der Waals surface area contributed by atoms with Crippen molar-refractivity contribution in [1.29, 1.82) is 0 Å². The van der Waals surface area contributed by atoms with Crippen molar-refractivity contribution < 1.29 is 27.1 Å². The highest BCUT2D eigenvalue weighted by Crippen LogP contribution is 2.31. The number of alkyl halides is 3. The van der Waals surface area contributed by atoms with E-state index in [-0.39, 0.29) is 11.3 Å². The van der Waals surface area contributed by atoms with Crippen molar-refractivity contribution in [2.75, 3.05) is 0 Å². The molecule has 0 aliphatic heterocycles. The molecule has 2 aromatic rings. The second kappa shape index (κ2) is 5.73.